The number of carbonyl (C=O) groups is 2. The molecule has 162 valence electrons. The molecule has 1 aromatic heterocycles. The van der Waals surface area contributed by atoms with Crippen molar-refractivity contribution in [3.05, 3.63) is 95.0 Å². The van der Waals surface area contributed by atoms with Crippen LogP contribution in [0.3, 0.4) is 0 Å². The van der Waals surface area contributed by atoms with Crippen LogP contribution in [0.1, 0.15) is 35.4 Å². The Morgan fingerprint density at radius 3 is 2.66 bits per heavy atom. The fraction of sp³-hybridized carbons (Fsp3) is 0.231. The third kappa shape index (κ3) is 3.47. The van der Waals surface area contributed by atoms with Crippen molar-refractivity contribution in [2.45, 2.75) is 31.9 Å². The summed E-state index contributed by atoms with van der Waals surface area (Å²) in [5, 5.41) is 11.2. The molecule has 2 aliphatic rings. The molecule has 0 radical (unpaired) electrons. The van der Waals surface area contributed by atoms with Crippen molar-refractivity contribution in [3.8, 4) is 5.75 Å². The lowest BCUT2D eigenvalue weighted by Gasteiger charge is -2.23. The maximum absolute atomic E-state index is 13.1. The number of rotatable bonds is 5. The minimum absolute atomic E-state index is 0.0462. The van der Waals surface area contributed by atoms with Crippen molar-refractivity contribution in [2.24, 2.45) is 0 Å². The Balaban J connectivity index is 1.54. The Kier molecular flexibility index (Phi) is 5.05. The van der Waals surface area contributed by atoms with E-state index in [9.17, 15) is 14.7 Å². The fourth-order valence-corrected chi connectivity index (χ4v) is 4.47. The molecule has 1 saturated heterocycles. The van der Waals surface area contributed by atoms with Crippen LogP contribution in [0.15, 0.2) is 76.9 Å². The Hall–Kier alpha value is -3.80. The van der Waals surface area contributed by atoms with E-state index in [1.54, 1.807) is 24.3 Å². The molecule has 0 aliphatic carbocycles. The summed E-state index contributed by atoms with van der Waals surface area (Å²) in [6.45, 7) is 2.31. The van der Waals surface area contributed by atoms with Crippen LogP contribution in [0.4, 0.5) is 0 Å². The third-order valence-corrected chi connectivity index (χ3v) is 6.01. The van der Waals surface area contributed by atoms with Gasteiger partial charge < -0.3 is 19.2 Å². The Labute approximate surface area is 185 Å². The molecule has 2 aliphatic heterocycles. The number of hydrogen-bond acceptors (Lipinski definition) is 5. The van der Waals surface area contributed by atoms with Crippen LogP contribution in [-0.4, -0.2) is 34.3 Å². The van der Waals surface area contributed by atoms with Gasteiger partial charge in [-0.05, 0) is 54.8 Å². The van der Waals surface area contributed by atoms with E-state index in [1.807, 2.05) is 43.3 Å². The molecule has 3 aromatic rings. The Bertz CT molecular complexity index is 1200. The van der Waals surface area contributed by atoms with Crippen molar-refractivity contribution in [3.63, 3.8) is 0 Å². The molecule has 1 amide bonds. The number of aliphatic hydroxyl groups is 1. The molecule has 6 nitrogen and oxygen atoms in total. The van der Waals surface area contributed by atoms with Crippen LogP contribution in [-0.2, 0) is 22.4 Å². The highest BCUT2D eigenvalue weighted by Gasteiger charge is 2.47. The molecule has 1 N–H and O–H groups in total. The molecule has 6 heteroatoms. The van der Waals surface area contributed by atoms with E-state index in [0.29, 0.717) is 24.3 Å². The summed E-state index contributed by atoms with van der Waals surface area (Å²) in [6, 6.07) is 17.7. The first kappa shape index (κ1) is 20.1. The number of fused-ring (bicyclic) bond motifs is 1. The molecule has 0 spiro atoms. The predicted molar refractivity (Wildman–Crippen MR) is 118 cm³/mol. The number of Topliss-reactive ketones (excluding diaryl/α,β-unsaturated/α-hetero) is 1. The summed E-state index contributed by atoms with van der Waals surface area (Å²) in [7, 11) is 0. The second-order valence-corrected chi connectivity index (χ2v) is 8.20. The number of ether oxygens (including phenoxy) is 1. The van der Waals surface area contributed by atoms with Crippen molar-refractivity contribution < 1.29 is 23.8 Å². The quantitative estimate of drug-likeness (QED) is 0.372. The summed E-state index contributed by atoms with van der Waals surface area (Å²) in [5.41, 5.74) is 2.55. The standard InChI is InChI=1S/C26H23NO5/c1-16-14-19-15-18(9-10-20(19)32-16)24(28)22-23(21-8-5-13-31-21)27(26(30)25(22)29)12-11-17-6-3-2-4-7-17/h2-10,13,15-16,23,28H,11-12,14H2,1H3/b24-22+/t16-,23-/m1/s1. The maximum atomic E-state index is 13.1. The average molecular weight is 429 g/mol. The average Bonchev–Trinajstić information content (AvgIpc) is 3.51. The number of furan rings is 1. The molecule has 0 bridgehead atoms. The normalized spacial score (nSPS) is 21.6. The number of amides is 1. The van der Waals surface area contributed by atoms with Crippen molar-refractivity contribution in [1.29, 1.82) is 0 Å². The summed E-state index contributed by atoms with van der Waals surface area (Å²) in [6.07, 6.45) is 2.87. The molecule has 3 heterocycles. The van der Waals surface area contributed by atoms with Gasteiger partial charge in [0, 0.05) is 18.5 Å². The summed E-state index contributed by atoms with van der Waals surface area (Å²) in [5.74, 6) is -0.324. The molecule has 5 rings (SSSR count). The van der Waals surface area contributed by atoms with Gasteiger partial charge in [-0.2, -0.15) is 0 Å². The van der Waals surface area contributed by atoms with E-state index in [1.165, 1.54) is 11.2 Å². The lowest BCUT2D eigenvalue weighted by molar-refractivity contribution is -0.140. The molecule has 1 fully saturated rings. The number of aliphatic hydroxyl groups excluding tert-OH is 1. The first-order chi connectivity index (χ1) is 15.5. The van der Waals surface area contributed by atoms with Gasteiger partial charge in [-0.25, -0.2) is 0 Å². The molecule has 2 atom stereocenters. The number of ketones is 1. The first-order valence-corrected chi connectivity index (χ1v) is 10.7. The molecule has 2 aromatic carbocycles. The lowest BCUT2D eigenvalue weighted by atomic mass is 9.97. The molecular formula is C26H23NO5. The second kappa shape index (κ2) is 8.04. The number of hydrogen-bond donors (Lipinski definition) is 1. The van der Waals surface area contributed by atoms with Gasteiger partial charge in [0.15, 0.2) is 0 Å². The van der Waals surface area contributed by atoms with Crippen LogP contribution in [0.5, 0.6) is 5.75 Å². The fourth-order valence-electron chi connectivity index (χ4n) is 4.47. The highest BCUT2D eigenvalue weighted by atomic mass is 16.5. The zero-order valence-corrected chi connectivity index (χ0v) is 17.7. The highest BCUT2D eigenvalue weighted by molar-refractivity contribution is 6.46. The topological polar surface area (TPSA) is 80.0 Å². The van der Waals surface area contributed by atoms with Crippen molar-refractivity contribution in [2.75, 3.05) is 6.54 Å². The maximum Gasteiger partial charge on any atom is 0.295 e. The molecule has 0 saturated carbocycles. The highest BCUT2D eigenvalue weighted by Crippen LogP contribution is 2.40. The van der Waals surface area contributed by atoms with E-state index in [2.05, 4.69) is 0 Å². The first-order valence-electron chi connectivity index (χ1n) is 10.7. The molecule has 32 heavy (non-hydrogen) atoms. The smallest absolute Gasteiger partial charge is 0.295 e. The summed E-state index contributed by atoms with van der Waals surface area (Å²) >= 11 is 0. The van der Waals surface area contributed by atoms with Gasteiger partial charge >= 0.3 is 0 Å². The largest absolute Gasteiger partial charge is 0.507 e. The van der Waals surface area contributed by atoms with Crippen LogP contribution in [0.2, 0.25) is 0 Å². The SMILES string of the molecule is C[C@@H]1Cc2cc(/C(O)=C3\C(=O)C(=O)N(CCc4ccccc4)[C@@H]3c3ccco3)ccc2O1. The molecular weight excluding hydrogens is 406 g/mol. The zero-order valence-electron chi connectivity index (χ0n) is 17.7. The number of benzene rings is 2. The minimum Gasteiger partial charge on any atom is -0.507 e. The zero-order chi connectivity index (χ0) is 22.2. The number of nitrogens with zero attached hydrogens (tertiary/aromatic N) is 1. The summed E-state index contributed by atoms with van der Waals surface area (Å²) < 4.78 is 11.3. The number of likely N-dealkylation sites (tertiary alicyclic amines) is 1. The van der Waals surface area contributed by atoms with Gasteiger partial charge in [0.1, 0.15) is 29.4 Å². The van der Waals surface area contributed by atoms with Gasteiger partial charge in [0.25, 0.3) is 11.7 Å². The monoisotopic (exact) mass is 429 g/mol. The van der Waals surface area contributed by atoms with Crippen LogP contribution < -0.4 is 4.74 Å². The lowest BCUT2D eigenvalue weighted by Crippen LogP contribution is -2.31. The van der Waals surface area contributed by atoms with Gasteiger partial charge in [-0.3, -0.25) is 9.59 Å². The van der Waals surface area contributed by atoms with Crippen LogP contribution in [0.25, 0.3) is 5.76 Å². The summed E-state index contributed by atoms with van der Waals surface area (Å²) in [4.78, 5) is 27.5. The van der Waals surface area contributed by atoms with Crippen molar-refractivity contribution in [1.82, 2.24) is 4.90 Å². The Morgan fingerprint density at radius 1 is 1.09 bits per heavy atom. The Morgan fingerprint density at radius 2 is 1.91 bits per heavy atom. The van der Waals surface area contributed by atoms with Crippen molar-refractivity contribution >= 4 is 17.4 Å². The van der Waals surface area contributed by atoms with Crippen LogP contribution >= 0.6 is 0 Å². The predicted octanol–water partition coefficient (Wildman–Crippen LogP) is 4.27. The van der Waals surface area contributed by atoms with E-state index in [0.717, 1.165) is 23.3 Å². The number of carbonyl (C=O) groups excluding carboxylic acids is 2. The van der Waals surface area contributed by atoms with Gasteiger partial charge in [0.2, 0.25) is 0 Å². The van der Waals surface area contributed by atoms with Crippen LogP contribution in [0, 0.1) is 0 Å². The minimum atomic E-state index is -0.780. The van der Waals surface area contributed by atoms with E-state index < -0.39 is 17.7 Å². The third-order valence-electron chi connectivity index (χ3n) is 6.01. The van der Waals surface area contributed by atoms with Gasteiger partial charge in [0.05, 0.1) is 11.8 Å². The van der Waals surface area contributed by atoms with E-state index in [-0.39, 0.29) is 17.4 Å². The van der Waals surface area contributed by atoms with Gasteiger partial charge in [-0.15, -0.1) is 0 Å². The molecule has 0 unspecified atom stereocenters. The second-order valence-electron chi connectivity index (χ2n) is 8.20. The van der Waals surface area contributed by atoms with Gasteiger partial charge in [-0.1, -0.05) is 30.3 Å². The van der Waals surface area contributed by atoms with E-state index >= 15 is 0 Å². The van der Waals surface area contributed by atoms with E-state index in [4.69, 9.17) is 9.15 Å².